The predicted octanol–water partition coefficient (Wildman–Crippen LogP) is 6.68. The van der Waals surface area contributed by atoms with Gasteiger partial charge in [-0.25, -0.2) is 9.69 Å². The first kappa shape index (κ1) is 25.0. The molecule has 0 unspecified atom stereocenters. The third-order valence-electron chi connectivity index (χ3n) is 5.45. The molecule has 0 saturated heterocycles. The highest BCUT2D eigenvalue weighted by Crippen LogP contribution is 2.32. The Kier molecular flexibility index (Phi) is 7.03. The average Bonchev–Trinajstić information content (AvgIpc) is 3.01. The minimum Gasteiger partial charge on any atom is -0.422 e. The average molecular weight is 574 g/mol. The van der Waals surface area contributed by atoms with Crippen LogP contribution >= 0.6 is 39.1 Å². The van der Waals surface area contributed by atoms with Crippen LogP contribution in [-0.4, -0.2) is 17.8 Å². The number of carbonyl (C=O) groups is 3. The van der Waals surface area contributed by atoms with Crippen molar-refractivity contribution in [1.82, 2.24) is 0 Å². The topological polar surface area (TPSA) is 75.7 Å². The number of carbonyl (C=O) groups excluding carboxylic acids is 3. The van der Waals surface area contributed by atoms with Crippen molar-refractivity contribution in [2.24, 2.45) is 0 Å². The Morgan fingerprint density at radius 3 is 2.11 bits per heavy atom. The standard InChI is InChI=1S/C26H19BrCl2N2O4/c1-13-4-9-19(12-20(13)28)31-24(32)21(29)22(25(31)33)30-18-7-5-16(6-8-18)26(34)35-23-14(2)10-17(27)11-15(23)3/h4-12,30H,1-3H3. The molecule has 35 heavy (non-hydrogen) atoms. The smallest absolute Gasteiger partial charge is 0.343 e. The van der Waals surface area contributed by atoms with Crippen molar-refractivity contribution in [2.75, 3.05) is 10.2 Å². The van der Waals surface area contributed by atoms with Crippen molar-refractivity contribution in [1.29, 1.82) is 0 Å². The van der Waals surface area contributed by atoms with Gasteiger partial charge in [0.2, 0.25) is 0 Å². The van der Waals surface area contributed by atoms with E-state index in [9.17, 15) is 14.4 Å². The fraction of sp³-hybridized carbons (Fsp3) is 0.115. The highest BCUT2D eigenvalue weighted by Gasteiger charge is 2.39. The van der Waals surface area contributed by atoms with Crippen LogP contribution in [0.3, 0.4) is 0 Å². The molecule has 0 bridgehead atoms. The lowest BCUT2D eigenvalue weighted by atomic mass is 10.1. The van der Waals surface area contributed by atoms with Crippen LogP contribution < -0.4 is 15.0 Å². The number of anilines is 2. The van der Waals surface area contributed by atoms with E-state index in [-0.39, 0.29) is 10.7 Å². The Labute approximate surface area is 220 Å². The lowest BCUT2D eigenvalue weighted by molar-refractivity contribution is -0.120. The Bertz CT molecular complexity index is 1390. The van der Waals surface area contributed by atoms with Crippen LogP contribution in [0.1, 0.15) is 27.0 Å². The number of aryl methyl sites for hydroxylation is 3. The van der Waals surface area contributed by atoms with E-state index in [1.807, 2.05) is 32.9 Å². The van der Waals surface area contributed by atoms with Gasteiger partial charge in [0, 0.05) is 15.2 Å². The van der Waals surface area contributed by atoms with Crippen LogP contribution in [0.25, 0.3) is 0 Å². The monoisotopic (exact) mass is 572 g/mol. The van der Waals surface area contributed by atoms with Gasteiger partial charge in [0.25, 0.3) is 11.8 Å². The minimum atomic E-state index is -0.653. The molecule has 1 N–H and O–H groups in total. The van der Waals surface area contributed by atoms with Crippen LogP contribution in [0.15, 0.2) is 69.8 Å². The van der Waals surface area contributed by atoms with Crippen molar-refractivity contribution >= 4 is 68.3 Å². The molecule has 0 aromatic heterocycles. The molecular formula is C26H19BrCl2N2O4. The van der Waals surface area contributed by atoms with Crippen LogP contribution in [0, 0.1) is 20.8 Å². The molecule has 0 radical (unpaired) electrons. The second-order valence-corrected chi connectivity index (χ2v) is 9.73. The van der Waals surface area contributed by atoms with Crippen LogP contribution in [0.4, 0.5) is 11.4 Å². The molecule has 4 rings (SSSR count). The zero-order valence-corrected chi connectivity index (χ0v) is 22.0. The lowest BCUT2D eigenvalue weighted by Crippen LogP contribution is -2.32. The normalized spacial score (nSPS) is 13.5. The van der Waals surface area contributed by atoms with Crippen molar-refractivity contribution in [3.63, 3.8) is 0 Å². The molecule has 6 nitrogen and oxygen atoms in total. The summed E-state index contributed by atoms with van der Waals surface area (Å²) >= 11 is 15.8. The summed E-state index contributed by atoms with van der Waals surface area (Å²) in [7, 11) is 0. The third kappa shape index (κ3) is 4.98. The fourth-order valence-corrected chi connectivity index (χ4v) is 4.68. The van der Waals surface area contributed by atoms with Gasteiger partial charge in [0.15, 0.2) is 0 Å². The van der Waals surface area contributed by atoms with Gasteiger partial charge in [-0.15, -0.1) is 0 Å². The Morgan fingerprint density at radius 2 is 1.51 bits per heavy atom. The van der Waals surface area contributed by atoms with Gasteiger partial charge in [-0.3, -0.25) is 9.59 Å². The summed E-state index contributed by atoms with van der Waals surface area (Å²) in [6.45, 7) is 5.54. The molecule has 0 atom stereocenters. The van der Waals surface area contributed by atoms with E-state index < -0.39 is 17.8 Å². The van der Waals surface area contributed by atoms with E-state index in [1.165, 1.54) is 6.07 Å². The number of benzene rings is 3. The van der Waals surface area contributed by atoms with Gasteiger partial charge in [-0.05, 0) is 86.0 Å². The van der Waals surface area contributed by atoms with E-state index in [1.54, 1.807) is 36.4 Å². The number of amides is 2. The predicted molar refractivity (Wildman–Crippen MR) is 140 cm³/mol. The number of rotatable bonds is 5. The second-order valence-electron chi connectivity index (χ2n) is 8.03. The summed E-state index contributed by atoms with van der Waals surface area (Å²) in [5.74, 6) is -1.27. The Hall–Kier alpha value is -3.13. The summed E-state index contributed by atoms with van der Waals surface area (Å²) in [5.41, 5.74) is 3.52. The number of halogens is 3. The lowest BCUT2D eigenvalue weighted by Gasteiger charge is -2.16. The summed E-state index contributed by atoms with van der Waals surface area (Å²) in [6.07, 6.45) is 0. The third-order valence-corrected chi connectivity index (χ3v) is 6.67. The number of esters is 1. The minimum absolute atomic E-state index is 0.0650. The number of hydrogen-bond donors (Lipinski definition) is 1. The summed E-state index contributed by atoms with van der Waals surface area (Å²) in [6, 6.07) is 14.9. The molecule has 1 aliphatic rings. The van der Waals surface area contributed by atoms with Crippen molar-refractivity contribution < 1.29 is 19.1 Å². The number of nitrogens with one attached hydrogen (secondary N) is 1. The second kappa shape index (κ2) is 9.85. The molecule has 1 heterocycles. The van der Waals surface area contributed by atoms with Gasteiger partial charge in [0.05, 0.1) is 11.3 Å². The SMILES string of the molecule is Cc1ccc(N2C(=O)C(Cl)=C(Nc3ccc(C(=O)Oc4c(C)cc(Br)cc4C)cc3)C2=O)cc1Cl. The largest absolute Gasteiger partial charge is 0.422 e. The van der Waals surface area contributed by atoms with Crippen LogP contribution in [0.2, 0.25) is 5.02 Å². The Balaban J connectivity index is 1.50. The maximum Gasteiger partial charge on any atom is 0.343 e. The first-order valence-electron chi connectivity index (χ1n) is 10.5. The molecular weight excluding hydrogens is 555 g/mol. The van der Waals surface area contributed by atoms with Gasteiger partial charge in [-0.1, -0.05) is 45.2 Å². The van der Waals surface area contributed by atoms with E-state index in [0.29, 0.717) is 27.7 Å². The van der Waals surface area contributed by atoms with Crippen LogP contribution in [-0.2, 0) is 9.59 Å². The molecule has 0 saturated carbocycles. The first-order valence-corrected chi connectivity index (χ1v) is 12.0. The molecule has 1 aliphatic heterocycles. The maximum absolute atomic E-state index is 13.0. The summed E-state index contributed by atoms with van der Waals surface area (Å²) in [5, 5.41) is 3.07. The molecule has 2 amide bonds. The summed E-state index contributed by atoms with van der Waals surface area (Å²) in [4.78, 5) is 39.3. The zero-order chi connectivity index (χ0) is 25.4. The van der Waals surface area contributed by atoms with Crippen LogP contribution in [0.5, 0.6) is 5.75 Å². The first-order chi connectivity index (χ1) is 16.6. The fourth-order valence-electron chi connectivity index (χ4n) is 3.61. The van der Waals surface area contributed by atoms with E-state index in [2.05, 4.69) is 21.2 Å². The van der Waals surface area contributed by atoms with Crippen molar-refractivity contribution in [3.05, 3.63) is 97.1 Å². The number of nitrogens with zero attached hydrogens (tertiary/aromatic N) is 1. The molecule has 3 aromatic carbocycles. The van der Waals surface area contributed by atoms with Gasteiger partial charge in [-0.2, -0.15) is 0 Å². The maximum atomic E-state index is 13.0. The van der Waals surface area contributed by atoms with E-state index >= 15 is 0 Å². The van der Waals surface area contributed by atoms with Gasteiger partial charge < -0.3 is 10.1 Å². The Morgan fingerprint density at radius 1 is 0.886 bits per heavy atom. The quantitative estimate of drug-likeness (QED) is 0.209. The van der Waals surface area contributed by atoms with Gasteiger partial charge >= 0.3 is 5.97 Å². The molecule has 3 aromatic rings. The molecule has 0 spiro atoms. The molecule has 0 aliphatic carbocycles. The number of hydrogen-bond acceptors (Lipinski definition) is 5. The highest BCUT2D eigenvalue weighted by molar-refractivity contribution is 9.10. The molecule has 9 heteroatoms. The van der Waals surface area contributed by atoms with Gasteiger partial charge in [0.1, 0.15) is 16.5 Å². The molecule has 178 valence electrons. The van der Waals surface area contributed by atoms with Crippen molar-refractivity contribution in [2.45, 2.75) is 20.8 Å². The zero-order valence-electron chi connectivity index (χ0n) is 18.9. The number of imide groups is 1. The van der Waals surface area contributed by atoms with Crippen molar-refractivity contribution in [3.8, 4) is 5.75 Å². The molecule has 0 fully saturated rings. The number of ether oxygens (including phenoxy) is 1. The highest BCUT2D eigenvalue weighted by atomic mass is 79.9. The van der Waals surface area contributed by atoms with E-state index in [4.69, 9.17) is 27.9 Å². The summed E-state index contributed by atoms with van der Waals surface area (Å²) < 4.78 is 6.50. The van der Waals surface area contributed by atoms with E-state index in [0.717, 1.165) is 26.1 Å².